The van der Waals surface area contributed by atoms with Crippen LogP contribution in [0.15, 0.2) is 69.9 Å². The Bertz CT molecular complexity index is 1560. The van der Waals surface area contributed by atoms with Gasteiger partial charge in [0.25, 0.3) is 5.69 Å². The quantitative estimate of drug-likeness (QED) is 0.135. The maximum Gasteiger partial charge on any atom is 0.450 e. The van der Waals surface area contributed by atoms with E-state index in [9.17, 15) is 32.9 Å². The van der Waals surface area contributed by atoms with Crippen molar-refractivity contribution in [2.75, 3.05) is 0 Å². The summed E-state index contributed by atoms with van der Waals surface area (Å²) in [5.74, 6) is -2.76. The van der Waals surface area contributed by atoms with E-state index in [-0.39, 0.29) is 38.5 Å². The second-order valence-corrected chi connectivity index (χ2v) is 7.77. The highest BCUT2D eigenvalue weighted by atomic mass is 35.5. The molecule has 7 nitrogen and oxygen atoms in total. The number of hydrogen-bond acceptors (Lipinski definition) is 6. The second kappa shape index (κ2) is 8.88. The molecule has 0 unspecified atom stereocenters. The Morgan fingerprint density at radius 2 is 1.80 bits per heavy atom. The highest BCUT2D eigenvalue weighted by molar-refractivity contribution is 6.33. The number of nitro groups is 1. The summed E-state index contributed by atoms with van der Waals surface area (Å²) >= 11 is 6.04. The van der Waals surface area contributed by atoms with E-state index in [0.717, 1.165) is 12.1 Å². The molecular weight excluding hydrogens is 491 g/mol. The molecule has 178 valence electrons. The van der Waals surface area contributed by atoms with Crippen LogP contribution in [0.5, 0.6) is 5.75 Å². The van der Waals surface area contributed by atoms with Crippen molar-refractivity contribution in [1.82, 2.24) is 0 Å². The predicted molar refractivity (Wildman–Crippen MR) is 121 cm³/mol. The summed E-state index contributed by atoms with van der Waals surface area (Å²) in [6, 6.07) is 12.7. The molecule has 0 saturated heterocycles. The third kappa shape index (κ3) is 4.47. The Labute approximate surface area is 199 Å². The monoisotopic (exact) mass is 503 g/mol. The van der Waals surface area contributed by atoms with Gasteiger partial charge in [-0.25, -0.2) is 4.79 Å². The number of hydrogen-bond donors (Lipinski definition) is 0. The van der Waals surface area contributed by atoms with Gasteiger partial charge in [-0.1, -0.05) is 35.9 Å². The Kier molecular flexibility index (Phi) is 6.08. The van der Waals surface area contributed by atoms with Crippen LogP contribution in [0.4, 0.5) is 18.9 Å². The molecule has 0 bridgehead atoms. The molecule has 0 fully saturated rings. The first-order chi connectivity index (χ1) is 16.5. The zero-order valence-corrected chi connectivity index (χ0v) is 18.4. The predicted octanol–water partition coefficient (Wildman–Crippen LogP) is 6.57. The number of halogens is 4. The van der Waals surface area contributed by atoms with Gasteiger partial charge < -0.3 is 9.15 Å². The standard InChI is InChI=1S/C24H13ClF3NO6/c1-12-14(6-4-8-18(12)29(32)33)23(31)34-13-9-10-16-19(11-13)35-22(24(26,27)28)20(21(16)30)15-5-2-3-7-17(15)25/h2-11H,1H3. The second-order valence-electron chi connectivity index (χ2n) is 7.37. The number of rotatable bonds is 4. The van der Waals surface area contributed by atoms with E-state index in [1.807, 2.05) is 0 Å². The molecule has 4 aromatic rings. The van der Waals surface area contributed by atoms with Crippen LogP contribution < -0.4 is 10.2 Å². The molecule has 1 heterocycles. The highest BCUT2D eigenvalue weighted by Crippen LogP contribution is 2.39. The highest BCUT2D eigenvalue weighted by Gasteiger charge is 2.40. The van der Waals surface area contributed by atoms with Gasteiger partial charge in [0.1, 0.15) is 11.3 Å². The summed E-state index contributed by atoms with van der Waals surface area (Å²) in [5, 5.41) is 10.8. The van der Waals surface area contributed by atoms with Crippen LogP contribution >= 0.6 is 11.6 Å². The van der Waals surface area contributed by atoms with Crippen LogP contribution in [0.1, 0.15) is 21.7 Å². The summed E-state index contributed by atoms with van der Waals surface area (Å²) in [4.78, 5) is 36.1. The summed E-state index contributed by atoms with van der Waals surface area (Å²) in [7, 11) is 0. The smallest absolute Gasteiger partial charge is 0.450 e. The minimum absolute atomic E-state index is 0.0542. The van der Waals surface area contributed by atoms with Crippen molar-refractivity contribution < 1.29 is 32.0 Å². The van der Waals surface area contributed by atoms with E-state index in [2.05, 4.69) is 0 Å². The van der Waals surface area contributed by atoms with Crippen molar-refractivity contribution in [2.24, 2.45) is 0 Å². The number of nitro benzene ring substituents is 1. The van der Waals surface area contributed by atoms with Gasteiger partial charge in [-0.15, -0.1) is 0 Å². The van der Waals surface area contributed by atoms with Crippen molar-refractivity contribution >= 4 is 34.2 Å². The molecule has 0 aliphatic heterocycles. The Hall–Kier alpha value is -4.18. The van der Waals surface area contributed by atoms with Crippen LogP contribution in [0.3, 0.4) is 0 Å². The molecule has 0 aliphatic rings. The van der Waals surface area contributed by atoms with E-state index < -0.39 is 39.4 Å². The fourth-order valence-corrected chi connectivity index (χ4v) is 3.78. The summed E-state index contributed by atoms with van der Waals surface area (Å²) in [6.07, 6.45) is -5.03. The maximum absolute atomic E-state index is 13.8. The number of carbonyl (C=O) groups is 1. The zero-order chi connectivity index (χ0) is 25.5. The number of carbonyl (C=O) groups excluding carboxylic acids is 1. The molecule has 0 saturated carbocycles. The van der Waals surface area contributed by atoms with Gasteiger partial charge in [-0.2, -0.15) is 13.2 Å². The minimum atomic E-state index is -5.03. The Morgan fingerprint density at radius 3 is 2.46 bits per heavy atom. The minimum Gasteiger partial charge on any atom is -0.450 e. The SMILES string of the molecule is Cc1c(C(=O)Oc2ccc3c(=O)c(-c4ccccc4Cl)c(C(F)(F)F)oc3c2)cccc1[N+](=O)[O-]. The number of benzene rings is 3. The van der Waals surface area contributed by atoms with E-state index in [4.69, 9.17) is 20.8 Å². The van der Waals surface area contributed by atoms with Crippen LogP contribution in [0, 0.1) is 17.0 Å². The van der Waals surface area contributed by atoms with Gasteiger partial charge in [0, 0.05) is 28.3 Å². The van der Waals surface area contributed by atoms with Crippen molar-refractivity contribution in [3.63, 3.8) is 0 Å². The summed E-state index contributed by atoms with van der Waals surface area (Å²) < 4.78 is 51.8. The van der Waals surface area contributed by atoms with E-state index in [0.29, 0.717) is 0 Å². The van der Waals surface area contributed by atoms with Gasteiger partial charge in [-0.3, -0.25) is 14.9 Å². The maximum atomic E-state index is 13.8. The lowest BCUT2D eigenvalue weighted by molar-refractivity contribution is -0.385. The van der Waals surface area contributed by atoms with Crippen LogP contribution in [-0.4, -0.2) is 10.9 Å². The Balaban J connectivity index is 1.82. The Morgan fingerprint density at radius 1 is 1.09 bits per heavy atom. The van der Waals surface area contributed by atoms with E-state index in [1.165, 1.54) is 55.5 Å². The molecule has 0 amide bonds. The van der Waals surface area contributed by atoms with Gasteiger partial charge in [-0.05, 0) is 31.2 Å². The van der Waals surface area contributed by atoms with Gasteiger partial charge >= 0.3 is 12.1 Å². The number of alkyl halides is 3. The molecule has 3 aromatic carbocycles. The lowest BCUT2D eigenvalue weighted by Crippen LogP contribution is -2.16. The van der Waals surface area contributed by atoms with Crippen molar-refractivity contribution in [3.8, 4) is 16.9 Å². The number of fused-ring (bicyclic) bond motifs is 1. The fraction of sp³-hybridized carbons (Fsp3) is 0.0833. The van der Waals surface area contributed by atoms with E-state index in [1.54, 1.807) is 0 Å². The number of ether oxygens (including phenoxy) is 1. The van der Waals surface area contributed by atoms with Crippen molar-refractivity contribution in [2.45, 2.75) is 13.1 Å². The first kappa shape index (κ1) is 24.0. The van der Waals surface area contributed by atoms with Crippen LogP contribution in [-0.2, 0) is 6.18 Å². The zero-order valence-electron chi connectivity index (χ0n) is 17.7. The summed E-state index contributed by atoms with van der Waals surface area (Å²) in [5.41, 5.74) is -2.69. The molecule has 1 aromatic heterocycles. The summed E-state index contributed by atoms with van der Waals surface area (Å²) in [6.45, 7) is 1.36. The molecule has 11 heteroatoms. The molecule has 0 radical (unpaired) electrons. The molecule has 0 aliphatic carbocycles. The van der Waals surface area contributed by atoms with E-state index >= 15 is 0 Å². The first-order valence-corrected chi connectivity index (χ1v) is 10.3. The molecule has 4 rings (SSSR count). The molecule has 0 spiro atoms. The molecule has 0 atom stereocenters. The number of nitrogens with zero attached hydrogens (tertiary/aromatic N) is 1. The largest absolute Gasteiger partial charge is 0.450 e. The van der Waals surface area contributed by atoms with Crippen LogP contribution in [0.25, 0.3) is 22.1 Å². The molecule has 35 heavy (non-hydrogen) atoms. The third-order valence-corrected chi connectivity index (χ3v) is 5.53. The molecule has 0 N–H and O–H groups in total. The van der Waals surface area contributed by atoms with Gasteiger partial charge in [0.15, 0.2) is 0 Å². The topological polar surface area (TPSA) is 99.7 Å². The van der Waals surface area contributed by atoms with Crippen molar-refractivity contribution in [3.05, 3.63) is 103 Å². The number of esters is 1. The average molecular weight is 504 g/mol. The lowest BCUT2D eigenvalue weighted by atomic mass is 10.0. The molecular formula is C24H13ClF3NO6. The van der Waals surface area contributed by atoms with Gasteiger partial charge in [0.05, 0.1) is 21.4 Å². The lowest BCUT2D eigenvalue weighted by Gasteiger charge is -2.14. The van der Waals surface area contributed by atoms with Gasteiger partial charge in [0.2, 0.25) is 11.2 Å². The normalized spacial score (nSPS) is 11.5. The first-order valence-electron chi connectivity index (χ1n) is 9.88. The fourth-order valence-electron chi connectivity index (χ4n) is 3.55. The average Bonchev–Trinajstić information content (AvgIpc) is 2.79. The van der Waals surface area contributed by atoms with Crippen LogP contribution in [0.2, 0.25) is 5.02 Å². The third-order valence-electron chi connectivity index (χ3n) is 5.20. The van der Waals surface area contributed by atoms with Crippen molar-refractivity contribution in [1.29, 1.82) is 0 Å².